The zero-order chi connectivity index (χ0) is 15.0. The number of benzene rings is 1. The number of aliphatic carboxylic acids is 1. The van der Waals surface area contributed by atoms with E-state index in [4.69, 9.17) is 5.11 Å². The molecule has 1 unspecified atom stereocenters. The van der Waals surface area contributed by atoms with E-state index in [2.05, 4.69) is 0 Å². The molecule has 0 radical (unpaired) electrons. The van der Waals surface area contributed by atoms with Crippen LogP contribution in [0.5, 0.6) is 0 Å². The van der Waals surface area contributed by atoms with Crippen molar-refractivity contribution in [3.05, 3.63) is 35.9 Å². The summed E-state index contributed by atoms with van der Waals surface area (Å²) >= 11 is 0. The molecule has 21 heavy (non-hydrogen) atoms. The van der Waals surface area contributed by atoms with E-state index >= 15 is 0 Å². The van der Waals surface area contributed by atoms with Gasteiger partial charge in [-0.1, -0.05) is 30.3 Å². The number of carboxylic acid groups (broad SMARTS) is 1. The van der Waals surface area contributed by atoms with E-state index in [0.717, 1.165) is 5.56 Å². The number of carbonyl (C=O) groups excluding carboxylic acids is 2. The maximum absolute atomic E-state index is 12.5. The highest BCUT2D eigenvalue weighted by atomic mass is 16.4. The van der Waals surface area contributed by atoms with Crippen LogP contribution in [0, 0.1) is 5.92 Å². The van der Waals surface area contributed by atoms with Crippen molar-refractivity contribution in [2.24, 2.45) is 5.92 Å². The maximum Gasteiger partial charge on any atom is 0.306 e. The van der Waals surface area contributed by atoms with E-state index in [1.807, 2.05) is 30.3 Å². The van der Waals surface area contributed by atoms with E-state index in [1.54, 1.807) is 0 Å². The molecule has 1 aromatic rings. The largest absolute Gasteiger partial charge is 0.481 e. The number of amides is 2. The molecule has 0 bridgehead atoms. The van der Waals surface area contributed by atoms with Crippen molar-refractivity contribution in [2.45, 2.75) is 37.6 Å². The van der Waals surface area contributed by atoms with Crippen LogP contribution in [0.2, 0.25) is 0 Å². The molecule has 1 N–H and O–H groups in total. The predicted octanol–water partition coefficient (Wildman–Crippen LogP) is 1.78. The summed E-state index contributed by atoms with van der Waals surface area (Å²) in [6.45, 7) is 0. The second-order valence-corrected chi connectivity index (χ2v) is 5.77. The van der Waals surface area contributed by atoms with Crippen molar-refractivity contribution in [3.63, 3.8) is 0 Å². The molecule has 1 heterocycles. The highest BCUT2D eigenvalue weighted by molar-refractivity contribution is 6.06. The standard InChI is InChI=1S/C16H17NO4/c18-14-9-13(10-4-2-1-3-5-10)15(19)17(14)12-7-6-11(8-12)16(20)21/h1-5,11-13H,6-9H2,(H,20,21)/t11-,12+,13?/m1/s1. The molecule has 0 aromatic heterocycles. The third kappa shape index (κ3) is 2.44. The predicted molar refractivity (Wildman–Crippen MR) is 74.4 cm³/mol. The van der Waals surface area contributed by atoms with Gasteiger partial charge in [-0.2, -0.15) is 0 Å². The Hall–Kier alpha value is -2.17. The molecular weight excluding hydrogens is 270 g/mol. The highest BCUT2D eigenvalue weighted by Crippen LogP contribution is 2.37. The molecule has 2 amide bonds. The summed E-state index contributed by atoms with van der Waals surface area (Å²) in [5, 5.41) is 9.05. The van der Waals surface area contributed by atoms with Crippen LogP contribution in [-0.2, 0) is 14.4 Å². The Kier molecular flexibility index (Phi) is 3.49. The molecule has 1 saturated carbocycles. The molecule has 1 aromatic carbocycles. The van der Waals surface area contributed by atoms with Crippen molar-refractivity contribution in [1.29, 1.82) is 0 Å². The van der Waals surface area contributed by atoms with Gasteiger partial charge >= 0.3 is 5.97 Å². The van der Waals surface area contributed by atoms with Crippen molar-refractivity contribution in [3.8, 4) is 0 Å². The summed E-state index contributed by atoms with van der Waals surface area (Å²) in [5.41, 5.74) is 0.853. The average molecular weight is 287 g/mol. The molecule has 2 fully saturated rings. The lowest BCUT2D eigenvalue weighted by atomic mass is 9.98. The number of hydrogen-bond acceptors (Lipinski definition) is 3. The van der Waals surface area contributed by atoms with Gasteiger partial charge < -0.3 is 5.11 Å². The summed E-state index contributed by atoms with van der Waals surface area (Å²) in [5.74, 6) is -2.04. The first kappa shape index (κ1) is 13.8. The van der Waals surface area contributed by atoms with Gasteiger partial charge in [0.25, 0.3) is 0 Å². The van der Waals surface area contributed by atoms with Crippen molar-refractivity contribution in [1.82, 2.24) is 4.90 Å². The number of imide groups is 1. The first-order valence-electron chi connectivity index (χ1n) is 7.21. The number of carbonyl (C=O) groups is 3. The summed E-state index contributed by atoms with van der Waals surface area (Å²) < 4.78 is 0. The molecule has 1 aliphatic heterocycles. The van der Waals surface area contributed by atoms with Gasteiger partial charge in [0.05, 0.1) is 11.8 Å². The summed E-state index contributed by atoms with van der Waals surface area (Å²) in [6, 6.07) is 9.04. The van der Waals surface area contributed by atoms with Crippen LogP contribution in [0.1, 0.15) is 37.2 Å². The Bertz CT molecular complexity index is 583. The van der Waals surface area contributed by atoms with Crippen LogP contribution >= 0.6 is 0 Å². The van der Waals surface area contributed by atoms with E-state index in [-0.39, 0.29) is 24.3 Å². The van der Waals surface area contributed by atoms with Crippen molar-refractivity contribution >= 4 is 17.8 Å². The smallest absolute Gasteiger partial charge is 0.306 e. The fourth-order valence-corrected chi connectivity index (χ4v) is 3.40. The number of hydrogen-bond donors (Lipinski definition) is 1. The van der Waals surface area contributed by atoms with Gasteiger partial charge in [0, 0.05) is 12.5 Å². The van der Waals surface area contributed by atoms with E-state index in [9.17, 15) is 14.4 Å². The molecule has 0 spiro atoms. The molecule has 110 valence electrons. The number of carboxylic acids is 1. The lowest BCUT2D eigenvalue weighted by molar-refractivity contribution is -0.144. The van der Waals surface area contributed by atoms with Gasteiger partial charge in [0.2, 0.25) is 11.8 Å². The van der Waals surface area contributed by atoms with Crippen LogP contribution in [0.3, 0.4) is 0 Å². The lowest BCUT2D eigenvalue weighted by Crippen LogP contribution is -2.39. The monoisotopic (exact) mass is 287 g/mol. The quantitative estimate of drug-likeness (QED) is 0.860. The second kappa shape index (κ2) is 5.31. The van der Waals surface area contributed by atoms with Gasteiger partial charge in [0.1, 0.15) is 0 Å². The number of rotatable bonds is 3. The van der Waals surface area contributed by atoms with Crippen molar-refractivity contribution in [2.75, 3.05) is 0 Å². The molecule has 1 saturated heterocycles. The molecule has 5 heteroatoms. The number of nitrogens with zero attached hydrogens (tertiary/aromatic N) is 1. The Morgan fingerprint density at radius 1 is 1.14 bits per heavy atom. The Morgan fingerprint density at radius 2 is 1.86 bits per heavy atom. The molecule has 1 aliphatic carbocycles. The minimum atomic E-state index is -0.837. The average Bonchev–Trinajstić information content (AvgIpc) is 3.05. The maximum atomic E-state index is 12.5. The van der Waals surface area contributed by atoms with Crippen molar-refractivity contribution < 1.29 is 19.5 Å². The molecule has 2 aliphatic rings. The fourth-order valence-electron chi connectivity index (χ4n) is 3.40. The number of likely N-dealkylation sites (tertiary alicyclic amines) is 1. The summed E-state index contributed by atoms with van der Waals surface area (Å²) in [7, 11) is 0. The minimum Gasteiger partial charge on any atom is -0.481 e. The van der Waals surface area contributed by atoms with Gasteiger partial charge in [-0.15, -0.1) is 0 Å². The topological polar surface area (TPSA) is 74.7 Å². The van der Waals surface area contributed by atoms with Crippen LogP contribution in [0.25, 0.3) is 0 Å². The summed E-state index contributed by atoms with van der Waals surface area (Å²) in [6.07, 6.45) is 1.70. The highest BCUT2D eigenvalue weighted by Gasteiger charge is 2.45. The first-order chi connectivity index (χ1) is 10.1. The zero-order valence-electron chi connectivity index (χ0n) is 11.6. The van der Waals surface area contributed by atoms with Gasteiger partial charge in [-0.05, 0) is 24.8 Å². The molecule has 3 atom stereocenters. The van der Waals surface area contributed by atoms with Gasteiger partial charge in [0.15, 0.2) is 0 Å². The van der Waals surface area contributed by atoms with Gasteiger partial charge in [-0.3, -0.25) is 19.3 Å². The van der Waals surface area contributed by atoms with Crippen LogP contribution in [0.4, 0.5) is 0 Å². The Labute approximate surface area is 122 Å². The first-order valence-corrected chi connectivity index (χ1v) is 7.21. The third-order valence-corrected chi connectivity index (χ3v) is 4.50. The summed E-state index contributed by atoms with van der Waals surface area (Å²) in [4.78, 5) is 37.1. The molecule has 5 nitrogen and oxygen atoms in total. The Morgan fingerprint density at radius 3 is 2.48 bits per heavy atom. The normalized spacial score (nSPS) is 29.1. The Balaban J connectivity index is 1.77. The van der Waals surface area contributed by atoms with Crippen LogP contribution < -0.4 is 0 Å². The van der Waals surface area contributed by atoms with Crippen LogP contribution in [-0.4, -0.2) is 33.8 Å². The van der Waals surface area contributed by atoms with E-state index in [1.165, 1.54) is 4.90 Å². The third-order valence-electron chi connectivity index (χ3n) is 4.50. The second-order valence-electron chi connectivity index (χ2n) is 5.77. The molecule has 3 rings (SSSR count). The van der Waals surface area contributed by atoms with E-state index < -0.39 is 17.8 Å². The molecular formula is C16H17NO4. The van der Waals surface area contributed by atoms with E-state index in [0.29, 0.717) is 19.3 Å². The zero-order valence-corrected chi connectivity index (χ0v) is 11.6. The van der Waals surface area contributed by atoms with Gasteiger partial charge in [-0.25, -0.2) is 0 Å². The fraction of sp³-hybridized carbons (Fsp3) is 0.438. The SMILES string of the molecule is O=C(O)[C@@H]1CC[C@H](N2C(=O)CC(c3ccccc3)C2=O)C1. The minimum absolute atomic E-state index is 0.176. The lowest BCUT2D eigenvalue weighted by Gasteiger charge is -2.22. The van der Waals surface area contributed by atoms with Crippen LogP contribution in [0.15, 0.2) is 30.3 Å².